The van der Waals surface area contributed by atoms with Crippen molar-refractivity contribution in [2.24, 2.45) is 0 Å². The lowest BCUT2D eigenvalue weighted by Gasteiger charge is -2.12. The van der Waals surface area contributed by atoms with Crippen LogP contribution in [0.5, 0.6) is 0 Å². The maximum atomic E-state index is 12.3. The largest absolute Gasteiger partial charge is 0.368 e. The van der Waals surface area contributed by atoms with Gasteiger partial charge in [-0.05, 0) is 24.3 Å². The SMILES string of the molecule is CC(C)c1nc(NCCNC(=O)c2ccccc2Cl)c2cnn(-c3ccccc3Cl)c2n1. The van der Waals surface area contributed by atoms with Gasteiger partial charge in [0.2, 0.25) is 0 Å². The summed E-state index contributed by atoms with van der Waals surface area (Å²) in [6.45, 7) is 4.93. The number of carbonyl (C=O) groups is 1. The van der Waals surface area contributed by atoms with E-state index >= 15 is 0 Å². The molecule has 0 aliphatic rings. The molecule has 0 atom stereocenters. The van der Waals surface area contributed by atoms with Gasteiger partial charge in [0, 0.05) is 19.0 Å². The van der Waals surface area contributed by atoms with E-state index in [1.165, 1.54) is 0 Å². The molecule has 2 aromatic heterocycles. The van der Waals surface area contributed by atoms with Crippen LogP contribution >= 0.6 is 23.2 Å². The third-order valence-corrected chi connectivity index (χ3v) is 5.51. The molecule has 7 nitrogen and oxygen atoms in total. The molecule has 4 aromatic rings. The van der Waals surface area contributed by atoms with Crippen LogP contribution in [0.15, 0.2) is 54.7 Å². The molecule has 32 heavy (non-hydrogen) atoms. The topological polar surface area (TPSA) is 84.7 Å². The highest BCUT2D eigenvalue weighted by Crippen LogP contribution is 2.27. The molecule has 0 bridgehead atoms. The number of nitrogens with zero attached hydrogens (tertiary/aromatic N) is 4. The summed E-state index contributed by atoms with van der Waals surface area (Å²) < 4.78 is 1.72. The van der Waals surface area contributed by atoms with E-state index < -0.39 is 0 Å². The zero-order valence-electron chi connectivity index (χ0n) is 17.6. The fraction of sp³-hybridized carbons (Fsp3) is 0.217. The summed E-state index contributed by atoms with van der Waals surface area (Å²) in [5.74, 6) is 1.24. The Balaban J connectivity index is 1.55. The number of nitrogens with one attached hydrogen (secondary N) is 2. The number of aromatic nitrogens is 4. The molecule has 0 spiro atoms. The van der Waals surface area contributed by atoms with E-state index in [1.807, 2.05) is 38.1 Å². The Hall–Kier alpha value is -3.16. The molecule has 4 rings (SSSR count). The van der Waals surface area contributed by atoms with Crippen LogP contribution in [0.4, 0.5) is 5.82 Å². The van der Waals surface area contributed by atoms with Gasteiger partial charge in [0.25, 0.3) is 5.91 Å². The average molecular weight is 469 g/mol. The van der Waals surface area contributed by atoms with E-state index in [0.717, 1.165) is 11.1 Å². The Labute approximate surface area is 195 Å². The van der Waals surface area contributed by atoms with E-state index in [9.17, 15) is 4.79 Å². The normalized spacial score (nSPS) is 11.2. The van der Waals surface area contributed by atoms with Crippen molar-refractivity contribution in [2.45, 2.75) is 19.8 Å². The molecule has 2 aromatic carbocycles. The first-order chi connectivity index (χ1) is 15.5. The van der Waals surface area contributed by atoms with Crippen molar-refractivity contribution < 1.29 is 4.79 Å². The summed E-state index contributed by atoms with van der Waals surface area (Å²) in [6, 6.07) is 14.4. The first-order valence-corrected chi connectivity index (χ1v) is 11.0. The van der Waals surface area contributed by atoms with E-state index in [4.69, 9.17) is 28.2 Å². The minimum atomic E-state index is -0.223. The predicted octanol–water partition coefficient (Wildman–Crippen LogP) is 5.09. The molecular formula is C23H22Cl2N6O. The van der Waals surface area contributed by atoms with Crippen LogP contribution in [-0.4, -0.2) is 38.7 Å². The van der Waals surface area contributed by atoms with Crippen LogP contribution in [-0.2, 0) is 0 Å². The summed E-state index contributed by atoms with van der Waals surface area (Å²) >= 11 is 12.5. The van der Waals surface area contributed by atoms with Gasteiger partial charge in [-0.25, -0.2) is 14.6 Å². The van der Waals surface area contributed by atoms with Gasteiger partial charge in [0.05, 0.1) is 32.9 Å². The first-order valence-electron chi connectivity index (χ1n) is 10.2. The van der Waals surface area contributed by atoms with Crippen molar-refractivity contribution in [3.63, 3.8) is 0 Å². The number of benzene rings is 2. The van der Waals surface area contributed by atoms with Crippen molar-refractivity contribution in [1.29, 1.82) is 0 Å². The van der Waals surface area contributed by atoms with Gasteiger partial charge in [-0.3, -0.25) is 4.79 Å². The van der Waals surface area contributed by atoms with Crippen molar-refractivity contribution >= 4 is 46.0 Å². The highest BCUT2D eigenvalue weighted by Gasteiger charge is 2.17. The summed E-state index contributed by atoms with van der Waals surface area (Å²) in [5.41, 5.74) is 1.86. The van der Waals surface area contributed by atoms with Gasteiger partial charge in [-0.15, -0.1) is 0 Å². The zero-order valence-corrected chi connectivity index (χ0v) is 19.2. The maximum Gasteiger partial charge on any atom is 0.252 e. The molecule has 0 saturated heterocycles. The summed E-state index contributed by atoms with van der Waals surface area (Å²) in [6.07, 6.45) is 1.72. The smallest absolute Gasteiger partial charge is 0.252 e. The zero-order chi connectivity index (χ0) is 22.7. The first kappa shape index (κ1) is 22.0. The Morgan fingerprint density at radius 2 is 1.72 bits per heavy atom. The second-order valence-corrected chi connectivity index (χ2v) is 8.31. The molecule has 0 radical (unpaired) electrons. The number of hydrogen-bond donors (Lipinski definition) is 2. The number of para-hydroxylation sites is 1. The lowest BCUT2D eigenvalue weighted by Crippen LogP contribution is -2.29. The lowest BCUT2D eigenvalue weighted by atomic mass is 10.2. The standard InChI is InChI=1S/C23H22Cl2N6O/c1-14(2)20-29-21(26-11-12-27-23(32)15-7-3-4-8-17(15)24)16-13-28-31(22(16)30-20)19-10-6-5-9-18(19)25/h3-10,13-14H,11-12H2,1-2H3,(H,27,32)(H,26,29,30). The van der Waals surface area contributed by atoms with Gasteiger partial charge < -0.3 is 10.6 Å². The van der Waals surface area contributed by atoms with Crippen LogP contribution in [0, 0.1) is 0 Å². The molecular weight excluding hydrogens is 447 g/mol. The van der Waals surface area contributed by atoms with Crippen LogP contribution in [0.2, 0.25) is 10.0 Å². The highest BCUT2D eigenvalue weighted by molar-refractivity contribution is 6.33. The molecule has 2 N–H and O–H groups in total. The van der Waals surface area contributed by atoms with Crippen LogP contribution in [0.1, 0.15) is 35.9 Å². The Bertz CT molecular complexity index is 1270. The summed E-state index contributed by atoms with van der Waals surface area (Å²) in [5, 5.41) is 12.4. The van der Waals surface area contributed by atoms with Gasteiger partial charge in [-0.2, -0.15) is 5.10 Å². The van der Waals surface area contributed by atoms with Crippen LogP contribution in [0.25, 0.3) is 16.7 Å². The van der Waals surface area contributed by atoms with Crippen molar-refractivity contribution in [1.82, 2.24) is 25.1 Å². The van der Waals surface area contributed by atoms with E-state index in [1.54, 1.807) is 35.1 Å². The Morgan fingerprint density at radius 3 is 2.44 bits per heavy atom. The second kappa shape index (κ2) is 9.54. The monoisotopic (exact) mass is 468 g/mol. The molecule has 0 fully saturated rings. The fourth-order valence-electron chi connectivity index (χ4n) is 3.22. The third-order valence-electron chi connectivity index (χ3n) is 4.86. The molecule has 164 valence electrons. The average Bonchev–Trinajstić information content (AvgIpc) is 3.21. The molecule has 0 aliphatic heterocycles. The molecule has 2 heterocycles. The van der Waals surface area contributed by atoms with Gasteiger partial charge in [0.1, 0.15) is 11.6 Å². The highest BCUT2D eigenvalue weighted by atomic mass is 35.5. The van der Waals surface area contributed by atoms with Gasteiger partial charge in [0.15, 0.2) is 5.65 Å². The van der Waals surface area contributed by atoms with E-state index in [-0.39, 0.29) is 11.8 Å². The lowest BCUT2D eigenvalue weighted by molar-refractivity contribution is 0.0955. The van der Waals surface area contributed by atoms with Crippen molar-refractivity contribution in [2.75, 3.05) is 18.4 Å². The maximum absolute atomic E-state index is 12.3. The molecule has 0 aliphatic carbocycles. The molecule has 0 unspecified atom stereocenters. The number of amides is 1. The van der Waals surface area contributed by atoms with Crippen LogP contribution in [0.3, 0.4) is 0 Å². The van der Waals surface area contributed by atoms with Crippen molar-refractivity contribution in [3.8, 4) is 5.69 Å². The van der Waals surface area contributed by atoms with Gasteiger partial charge in [-0.1, -0.05) is 61.3 Å². The Morgan fingerprint density at radius 1 is 1.00 bits per heavy atom. The quantitative estimate of drug-likeness (QED) is 0.369. The minimum absolute atomic E-state index is 0.120. The fourth-order valence-corrected chi connectivity index (χ4v) is 3.65. The van der Waals surface area contributed by atoms with E-state index in [0.29, 0.717) is 46.0 Å². The predicted molar refractivity (Wildman–Crippen MR) is 128 cm³/mol. The minimum Gasteiger partial charge on any atom is -0.368 e. The number of carbonyl (C=O) groups excluding carboxylic acids is 1. The molecule has 1 amide bonds. The number of hydrogen-bond acceptors (Lipinski definition) is 5. The number of anilines is 1. The number of rotatable bonds is 7. The second-order valence-electron chi connectivity index (χ2n) is 7.49. The van der Waals surface area contributed by atoms with Crippen molar-refractivity contribution in [3.05, 3.63) is 76.2 Å². The third kappa shape index (κ3) is 4.54. The Kier molecular flexibility index (Phi) is 6.58. The summed E-state index contributed by atoms with van der Waals surface area (Å²) in [7, 11) is 0. The summed E-state index contributed by atoms with van der Waals surface area (Å²) in [4.78, 5) is 21.8. The number of halogens is 2. The number of fused-ring (bicyclic) bond motifs is 1. The van der Waals surface area contributed by atoms with Gasteiger partial charge >= 0.3 is 0 Å². The molecule has 9 heteroatoms. The molecule has 0 saturated carbocycles. The van der Waals surface area contributed by atoms with E-state index in [2.05, 4.69) is 20.7 Å². The van der Waals surface area contributed by atoms with Crippen LogP contribution < -0.4 is 10.6 Å².